The van der Waals surface area contributed by atoms with Crippen LogP contribution >= 0.6 is 0 Å². The van der Waals surface area contributed by atoms with Gasteiger partial charge in [-0.25, -0.2) is 0 Å². The van der Waals surface area contributed by atoms with Gasteiger partial charge in [0.2, 0.25) is 0 Å². The third kappa shape index (κ3) is 8.06. The van der Waals surface area contributed by atoms with Crippen molar-refractivity contribution in [2.45, 2.75) is 64.7 Å². The molecule has 0 amide bonds. The van der Waals surface area contributed by atoms with Crippen molar-refractivity contribution in [3.8, 4) is 44.8 Å². The van der Waals surface area contributed by atoms with Crippen LogP contribution in [0.25, 0.3) is 60.9 Å². The molecule has 1 aliphatic rings. The van der Waals surface area contributed by atoms with E-state index in [9.17, 15) is 0 Å². The van der Waals surface area contributed by atoms with Crippen LogP contribution in [0.2, 0.25) is 0 Å². The number of aromatic nitrogens is 1. The van der Waals surface area contributed by atoms with E-state index >= 15 is 0 Å². The lowest BCUT2D eigenvalue weighted by Gasteiger charge is -2.28. The minimum Gasteiger partial charge on any atom is -0.494 e. The zero-order valence-corrected chi connectivity index (χ0v) is 39.6. The van der Waals surface area contributed by atoms with Crippen LogP contribution in [0, 0.1) is 0 Å². The van der Waals surface area contributed by atoms with Crippen LogP contribution in [-0.4, -0.2) is 11.2 Å². The number of ether oxygens (including phenoxy) is 1. The highest BCUT2D eigenvalue weighted by Gasteiger charge is 2.35. The molecule has 1 atom stereocenters. The molecule has 334 valence electrons. The molecule has 1 aromatic heterocycles. The van der Waals surface area contributed by atoms with Gasteiger partial charge in [-0.05, 0) is 166 Å². The first-order chi connectivity index (χ1) is 33.3. The molecule has 9 aromatic carbocycles. The quantitative estimate of drug-likeness (QED) is 0.101. The molecular weight excluding hydrogens is 825 g/mol. The number of aryl methyl sites for hydroxylation is 1. The molecule has 0 radical (unpaired) electrons. The molecule has 10 aromatic rings. The maximum Gasteiger partial charge on any atom is 0.119 e. The van der Waals surface area contributed by atoms with Crippen LogP contribution in [0.3, 0.4) is 0 Å². The third-order valence-electron chi connectivity index (χ3n) is 14.6. The Hall–Kier alpha value is -7.62. The zero-order valence-electron chi connectivity index (χ0n) is 39.6. The number of fused-ring (bicyclic) bond motifs is 6. The van der Waals surface area contributed by atoms with E-state index in [0.29, 0.717) is 5.92 Å². The van der Waals surface area contributed by atoms with Gasteiger partial charge in [0.05, 0.1) is 17.6 Å². The molecule has 0 saturated carbocycles. The molecule has 1 aliphatic carbocycles. The Morgan fingerprint density at radius 3 is 1.84 bits per heavy atom. The van der Waals surface area contributed by atoms with Gasteiger partial charge in [-0.1, -0.05) is 161 Å². The SMILES string of the molecule is CCC(C)c1ccc(OCCCCc2ccc(-n3c4ccccc4c4cc(-c5ccc(N(c6ccc(-c7ccccc7)cc6)c6ccc7c(c6)C(C)(C)c6ccccc6-7)cc5)ccc43)cc2)cc1. The Kier molecular flexibility index (Phi) is 11.5. The summed E-state index contributed by atoms with van der Waals surface area (Å²) in [5.41, 5.74) is 19.8. The van der Waals surface area contributed by atoms with Crippen LogP contribution in [0.5, 0.6) is 5.75 Å². The molecule has 0 fully saturated rings. The van der Waals surface area contributed by atoms with Crippen molar-refractivity contribution in [1.82, 2.24) is 4.57 Å². The first-order valence-electron chi connectivity index (χ1n) is 24.5. The van der Waals surface area contributed by atoms with Crippen LogP contribution < -0.4 is 9.64 Å². The van der Waals surface area contributed by atoms with Crippen molar-refractivity contribution in [1.29, 1.82) is 0 Å². The number of rotatable bonds is 14. The van der Waals surface area contributed by atoms with E-state index in [0.717, 1.165) is 55.1 Å². The fourth-order valence-corrected chi connectivity index (χ4v) is 10.5. The number of unbranched alkanes of at least 4 members (excludes halogenated alkanes) is 1. The molecule has 1 unspecified atom stereocenters. The Morgan fingerprint density at radius 1 is 0.500 bits per heavy atom. The molecular formula is C65H58N2O. The summed E-state index contributed by atoms with van der Waals surface area (Å²) in [6.07, 6.45) is 4.30. The van der Waals surface area contributed by atoms with Gasteiger partial charge < -0.3 is 14.2 Å². The van der Waals surface area contributed by atoms with Gasteiger partial charge in [0, 0.05) is 38.9 Å². The standard InChI is InChI=1S/C65H58N2O/c1-5-45(2)47-28-38-56(39-29-47)68-42-14-13-15-46-22-31-54(32-23-46)67-63-21-12-10-19-59(63)60-43-51(30-41-64(60)67)50-26-35-53(36-27-50)66(52-33-24-49(25-34-52)48-16-7-6-8-17-48)55-37-40-58-57-18-9-11-20-61(57)65(3,4)62(58)44-55/h6-12,16-41,43-45H,5,13-15,42H2,1-4H3. The van der Waals surface area contributed by atoms with Gasteiger partial charge in [0.1, 0.15) is 5.75 Å². The molecule has 3 nitrogen and oxygen atoms in total. The fourth-order valence-electron chi connectivity index (χ4n) is 10.5. The Balaban J connectivity index is 0.853. The van der Waals surface area contributed by atoms with Crippen LogP contribution in [0.15, 0.2) is 212 Å². The van der Waals surface area contributed by atoms with E-state index in [4.69, 9.17) is 4.74 Å². The summed E-state index contributed by atoms with van der Waals surface area (Å²) in [6.45, 7) is 9.96. The lowest BCUT2D eigenvalue weighted by molar-refractivity contribution is 0.307. The fraction of sp³-hybridized carbons (Fsp3) is 0.169. The molecule has 0 aliphatic heterocycles. The summed E-state index contributed by atoms with van der Waals surface area (Å²) >= 11 is 0. The number of nitrogens with zero attached hydrogens (tertiary/aromatic N) is 2. The zero-order chi connectivity index (χ0) is 46.2. The van der Waals surface area contributed by atoms with Gasteiger partial charge in [0.25, 0.3) is 0 Å². The topological polar surface area (TPSA) is 17.4 Å². The van der Waals surface area contributed by atoms with E-state index in [1.54, 1.807) is 0 Å². The smallest absolute Gasteiger partial charge is 0.119 e. The van der Waals surface area contributed by atoms with Crippen LogP contribution in [-0.2, 0) is 11.8 Å². The second-order valence-electron chi connectivity index (χ2n) is 19.1. The molecule has 11 rings (SSSR count). The summed E-state index contributed by atoms with van der Waals surface area (Å²) in [7, 11) is 0. The van der Waals surface area contributed by atoms with Gasteiger partial charge in [0.15, 0.2) is 0 Å². The Morgan fingerprint density at radius 2 is 1.10 bits per heavy atom. The Labute approximate surface area is 401 Å². The van der Waals surface area contributed by atoms with Gasteiger partial charge in [-0.15, -0.1) is 0 Å². The molecule has 68 heavy (non-hydrogen) atoms. The minimum atomic E-state index is -0.100. The maximum absolute atomic E-state index is 6.08. The van der Waals surface area contributed by atoms with Gasteiger partial charge in [-0.3, -0.25) is 0 Å². The van der Waals surface area contributed by atoms with Crippen molar-refractivity contribution >= 4 is 38.9 Å². The van der Waals surface area contributed by atoms with Crippen molar-refractivity contribution in [2.75, 3.05) is 11.5 Å². The van der Waals surface area contributed by atoms with Crippen molar-refractivity contribution in [3.63, 3.8) is 0 Å². The summed E-state index contributed by atoms with van der Waals surface area (Å²) in [6, 6.07) is 78.2. The van der Waals surface area contributed by atoms with E-state index in [-0.39, 0.29) is 5.41 Å². The van der Waals surface area contributed by atoms with E-state index in [2.05, 4.69) is 249 Å². The molecule has 0 bridgehead atoms. The summed E-state index contributed by atoms with van der Waals surface area (Å²) in [4.78, 5) is 2.41. The lowest BCUT2D eigenvalue weighted by atomic mass is 9.82. The van der Waals surface area contributed by atoms with Crippen molar-refractivity contribution in [2.24, 2.45) is 0 Å². The first kappa shape index (κ1) is 43.0. The summed E-state index contributed by atoms with van der Waals surface area (Å²) in [5, 5.41) is 2.51. The van der Waals surface area contributed by atoms with Gasteiger partial charge in [-0.2, -0.15) is 0 Å². The van der Waals surface area contributed by atoms with Crippen LogP contribution in [0.1, 0.15) is 75.1 Å². The number of benzene rings is 9. The maximum atomic E-state index is 6.08. The molecule has 1 heterocycles. The number of anilines is 3. The summed E-state index contributed by atoms with van der Waals surface area (Å²) < 4.78 is 8.50. The van der Waals surface area contributed by atoms with E-state index < -0.39 is 0 Å². The molecule has 0 spiro atoms. The van der Waals surface area contributed by atoms with E-state index in [1.807, 2.05) is 0 Å². The normalized spacial score (nSPS) is 13.1. The number of hydrogen-bond acceptors (Lipinski definition) is 2. The van der Waals surface area contributed by atoms with Crippen molar-refractivity contribution in [3.05, 3.63) is 235 Å². The van der Waals surface area contributed by atoms with E-state index in [1.165, 1.54) is 83.1 Å². The molecule has 0 N–H and O–H groups in total. The minimum absolute atomic E-state index is 0.100. The first-order valence-corrected chi connectivity index (χ1v) is 24.5. The predicted octanol–water partition coefficient (Wildman–Crippen LogP) is 17.8. The third-order valence-corrected chi connectivity index (χ3v) is 14.6. The largest absolute Gasteiger partial charge is 0.494 e. The van der Waals surface area contributed by atoms with Gasteiger partial charge >= 0.3 is 0 Å². The second kappa shape index (κ2) is 18.2. The molecule has 0 saturated heterocycles. The molecule has 3 heteroatoms. The highest BCUT2D eigenvalue weighted by atomic mass is 16.5. The van der Waals surface area contributed by atoms with Crippen molar-refractivity contribution < 1.29 is 4.74 Å². The summed E-state index contributed by atoms with van der Waals surface area (Å²) in [5.74, 6) is 1.54. The monoisotopic (exact) mass is 882 g/mol. The number of para-hydroxylation sites is 1. The van der Waals surface area contributed by atoms with Crippen LogP contribution in [0.4, 0.5) is 17.1 Å². The average Bonchev–Trinajstić information content (AvgIpc) is 3.84. The highest BCUT2D eigenvalue weighted by Crippen LogP contribution is 2.51. The number of hydrogen-bond donors (Lipinski definition) is 0. The lowest BCUT2D eigenvalue weighted by Crippen LogP contribution is -2.16. The second-order valence-corrected chi connectivity index (χ2v) is 19.1. The Bertz CT molecular complexity index is 3360. The highest BCUT2D eigenvalue weighted by molar-refractivity contribution is 6.10. The average molecular weight is 883 g/mol. The predicted molar refractivity (Wildman–Crippen MR) is 287 cm³/mol.